The quantitative estimate of drug-likeness (QED) is 0.801. The van der Waals surface area contributed by atoms with E-state index in [1.165, 1.54) is 5.56 Å². The van der Waals surface area contributed by atoms with Gasteiger partial charge in [0, 0.05) is 5.56 Å². The molecule has 1 aromatic rings. The monoisotopic (exact) mass is 224 g/mol. The maximum Gasteiger partial charge on any atom is 0.329 e. The van der Waals surface area contributed by atoms with Gasteiger partial charge in [0.2, 0.25) is 0 Å². The molecule has 0 heterocycles. The first kappa shape index (κ1) is 12.5. The van der Waals surface area contributed by atoms with E-state index >= 15 is 0 Å². The third kappa shape index (κ3) is 3.55. The van der Waals surface area contributed by atoms with Gasteiger partial charge in [-0.2, -0.15) is 0 Å². The van der Waals surface area contributed by atoms with Gasteiger partial charge in [-0.3, -0.25) is 0 Å². The Balaban J connectivity index is 2.71. The van der Waals surface area contributed by atoms with Crippen LogP contribution in [0.15, 0.2) is 18.2 Å². The number of rotatable bonds is 6. The van der Waals surface area contributed by atoms with Gasteiger partial charge in [-0.25, -0.2) is 4.79 Å². The molecule has 0 radical (unpaired) electrons. The van der Waals surface area contributed by atoms with E-state index < -0.39 is 5.97 Å². The molecule has 0 saturated carbocycles. The highest BCUT2D eigenvalue weighted by molar-refractivity contribution is 5.68. The molecule has 0 aliphatic rings. The minimum atomic E-state index is -0.967. The second-order valence-electron chi connectivity index (χ2n) is 3.39. The SMILES string of the molecule is CCc1ccc(OC)c(COCC(=O)O)c1. The molecule has 0 amide bonds. The molecule has 0 fully saturated rings. The lowest BCUT2D eigenvalue weighted by atomic mass is 10.1. The van der Waals surface area contributed by atoms with E-state index in [0.717, 1.165) is 17.7 Å². The number of aliphatic carboxylic acids is 1. The van der Waals surface area contributed by atoms with Crippen LogP contribution in [0.2, 0.25) is 0 Å². The molecule has 1 rings (SSSR count). The number of aryl methyl sites for hydroxylation is 1. The second-order valence-corrected chi connectivity index (χ2v) is 3.39. The summed E-state index contributed by atoms with van der Waals surface area (Å²) in [7, 11) is 1.58. The largest absolute Gasteiger partial charge is 0.496 e. The van der Waals surface area contributed by atoms with Crippen molar-refractivity contribution in [1.82, 2.24) is 0 Å². The minimum absolute atomic E-state index is 0.253. The predicted molar refractivity (Wildman–Crippen MR) is 59.7 cm³/mol. The smallest absolute Gasteiger partial charge is 0.329 e. The van der Waals surface area contributed by atoms with E-state index in [2.05, 4.69) is 6.92 Å². The lowest BCUT2D eigenvalue weighted by Crippen LogP contribution is -2.07. The summed E-state index contributed by atoms with van der Waals surface area (Å²) in [6, 6.07) is 5.83. The number of carboxylic acids is 1. The van der Waals surface area contributed by atoms with Crippen molar-refractivity contribution < 1.29 is 19.4 Å². The van der Waals surface area contributed by atoms with Crippen molar-refractivity contribution in [2.45, 2.75) is 20.0 Å². The Morgan fingerprint density at radius 2 is 2.19 bits per heavy atom. The Bertz CT molecular complexity index is 360. The fourth-order valence-corrected chi connectivity index (χ4v) is 1.41. The molecule has 16 heavy (non-hydrogen) atoms. The van der Waals surface area contributed by atoms with Crippen molar-refractivity contribution in [3.8, 4) is 5.75 Å². The van der Waals surface area contributed by atoms with Crippen LogP contribution in [-0.2, 0) is 22.6 Å². The molecule has 0 spiro atoms. The fraction of sp³-hybridized carbons (Fsp3) is 0.417. The molecule has 0 aliphatic heterocycles. The van der Waals surface area contributed by atoms with Crippen molar-refractivity contribution in [1.29, 1.82) is 0 Å². The fourth-order valence-electron chi connectivity index (χ4n) is 1.41. The number of hydrogen-bond donors (Lipinski definition) is 1. The zero-order valence-corrected chi connectivity index (χ0v) is 9.53. The van der Waals surface area contributed by atoms with Crippen LogP contribution in [0.5, 0.6) is 5.75 Å². The Hall–Kier alpha value is -1.55. The van der Waals surface area contributed by atoms with Gasteiger partial charge < -0.3 is 14.6 Å². The number of hydrogen-bond acceptors (Lipinski definition) is 3. The molecule has 4 nitrogen and oxygen atoms in total. The van der Waals surface area contributed by atoms with E-state index in [9.17, 15) is 4.79 Å². The minimum Gasteiger partial charge on any atom is -0.496 e. The molecule has 1 N–H and O–H groups in total. The van der Waals surface area contributed by atoms with Crippen LogP contribution in [0.4, 0.5) is 0 Å². The number of carboxylic acid groups (broad SMARTS) is 1. The predicted octanol–water partition coefficient (Wildman–Crippen LogP) is 1.86. The van der Waals surface area contributed by atoms with Gasteiger partial charge in [0.15, 0.2) is 0 Å². The summed E-state index contributed by atoms with van der Waals surface area (Å²) in [5.41, 5.74) is 2.05. The van der Waals surface area contributed by atoms with E-state index in [0.29, 0.717) is 0 Å². The summed E-state index contributed by atoms with van der Waals surface area (Å²) in [6.45, 7) is 2.02. The molecular formula is C12H16O4. The Kier molecular flexibility index (Phi) is 4.79. The normalized spacial score (nSPS) is 10.1. The highest BCUT2D eigenvalue weighted by Gasteiger charge is 2.05. The first-order chi connectivity index (χ1) is 7.67. The van der Waals surface area contributed by atoms with Gasteiger partial charge in [0.05, 0.1) is 13.7 Å². The van der Waals surface area contributed by atoms with Crippen LogP contribution >= 0.6 is 0 Å². The van der Waals surface area contributed by atoms with Gasteiger partial charge in [-0.05, 0) is 24.1 Å². The number of carbonyl (C=O) groups is 1. The second kappa shape index (κ2) is 6.12. The first-order valence-corrected chi connectivity index (χ1v) is 5.12. The Morgan fingerprint density at radius 3 is 2.75 bits per heavy atom. The Labute approximate surface area is 94.8 Å². The van der Waals surface area contributed by atoms with Crippen molar-refractivity contribution in [3.63, 3.8) is 0 Å². The third-order valence-electron chi connectivity index (χ3n) is 2.24. The van der Waals surface area contributed by atoms with Gasteiger partial charge in [-0.1, -0.05) is 13.0 Å². The summed E-state index contributed by atoms with van der Waals surface area (Å²) < 4.78 is 10.2. The summed E-state index contributed by atoms with van der Waals surface area (Å²) in [5, 5.41) is 8.46. The molecule has 0 aromatic heterocycles. The van der Waals surface area contributed by atoms with Gasteiger partial charge in [0.1, 0.15) is 12.4 Å². The zero-order valence-electron chi connectivity index (χ0n) is 9.53. The van der Waals surface area contributed by atoms with E-state index in [4.69, 9.17) is 14.6 Å². The summed E-state index contributed by atoms with van der Waals surface area (Å²) in [6.07, 6.45) is 0.927. The van der Waals surface area contributed by atoms with E-state index in [1.807, 2.05) is 18.2 Å². The lowest BCUT2D eigenvalue weighted by Gasteiger charge is -2.09. The molecule has 0 unspecified atom stereocenters. The highest BCUT2D eigenvalue weighted by atomic mass is 16.5. The van der Waals surface area contributed by atoms with Gasteiger partial charge in [-0.15, -0.1) is 0 Å². The molecular weight excluding hydrogens is 208 g/mol. The lowest BCUT2D eigenvalue weighted by molar-refractivity contribution is -0.142. The van der Waals surface area contributed by atoms with Crippen LogP contribution in [0.3, 0.4) is 0 Å². The molecule has 0 bridgehead atoms. The van der Waals surface area contributed by atoms with Crippen molar-refractivity contribution >= 4 is 5.97 Å². The van der Waals surface area contributed by atoms with Crippen LogP contribution in [0, 0.1) is 0 Å². The standard InChI is InChI=1S/C12H16O4/c1-3-9-4-5-11(15-2)10(6-9)7-16-8-12(13)14/h4-6H,3,7-8H2,1-2H3,(H,13,14). The van der Waals surface area contributed by atoms with Crippen LogP contribution in [0.25, 0.3) is 0 Å². The average molecular weight is 224 g/mol. The Morgan fingerprint density at radius 1 is 1.44 bits per heavy atom. The van der Waals surface area contributed by atoms with E-state index in [-0.39, 0.29) is 13.2 Å². The van der Waals surface area contributed by atoms with Crippen molar-refractivity contribution in [2.75, 3.05) is 13.7 Å². The van der Waals surface area contributed by atoms with Crippen molar-refractivity contribution in [3.05, 3.63) is 29.3 Å². The van der Waals surface area contributed by atoms with Crippen molar-refractivity contribution in [2.24, 2.45) is 0 Å². The van der Waals surface area contributed by atoms with Crippen LogP contribution < -0.4 is 4.74 Å². The molecule has 0 atom stereocenters. The number of ether oxygens (including phenoxy) is 2. The number of benzene rings is 1. The maximum atomic E-state index is 10.3. The van der Waals surface area contributed by atoms with Gasteiger partial charge >= 0.3 is 5.97 Å². The summed E-state index contributed by atoms with van der Waals surface area (Å²) in [5.74, 6) is -0.242. The molecule has 0 saturated heterocycles. The van der Waals surface area contributed by atoms with Crippen LogP contribution in [-0.4, -0.2) is 24.8 Å². The van der Waals surface area contributed by atoms with Crippen LogP contribution in [0.1, 0.15) is 18.1 Å². The summed E-state index contributed by atoms with van der Waals surface area (Å²) >= 11 is 0. The summed E-state index contributed by atoms with van der Waals surface area (Å²) in [4.78, 5) is 10.3. The highest BCUT2D eigenvalue weighted by Crippen LogP contribution is 2.20. The molecule has 4 heteroatoms. The topological polar surface area (TPSA) is 55.8 Å². The first-order valence-electron chi connectivity index (χ1n) is 5.12. The average Bonchev–Trinajstić information content (AvgIpc) is 2.28. The van der Waals surface area contributed by atoms with Gasteiger partial charge in [0.25, 0.3) is 0 Å². The number of methoxy groups -OCH3 is 1. The molecule has 0 aliphatic carbocycles. The maximum absolute atomic E-state index is 10.3. The van der Waals surface area contributed by atoms with E-state index in [1.54, 1.807) is 7.11 Å². The molecule has 88 valence electrons. The third-order valence-corrected chi connectivity index (χ3v) is 2.24. The zero-order chi connectivity index (χ0) is 12.0. The molecule has 1 aromatic carbocycles.